The van der Waals surface area contributed by atoms with Crippen LogP contribution in [0.3, 0.4) is 0 Å². The molecule has 2 aromatic heterocycles. The summed E-state index contributed by atoms with van der Waals surface area (Å²) in [7, 11) is 0. The Kier molecular flexibility index (Phi) is 4.79. The van der Waals surface area contributed by atoms with Crippen molar-refractivity contribution >= 4 is 34.6 Å². The van der Waals surface area contributed by atoms with E-state index < -0.39 is 0 Å². The molecule has 8 heteroatoms. The highest BCUT2D eigenvalue weighted by Gasteiger charge is 2.27. The van der Waals surface area contributed by atoms with Crippen LogP contribution in [-0.4, -0.2) is 40.7 Å². The number of nitrogens with one attached hydrogen (secondary N) is 2. The van der Waals surface area contributed by atoms with Crippen molar-refractivity contribution < 1.29 is 9.21 Å². The van der Waals surface area contributed by atoms with Gasteiger partial charge in [-0.2, -0.15) is 10.1 Å². The second-order valence-corrected chi connectivity index (χ2v) is 6.95. The maximum absolute atomic E-state index is 12.3. The minimum Gasteiger partial charge on any atom is -0.423 e. The molecule has 0 unspecified atom stereocenters. The van der Waals surface area contributed by atoms with E-state index >= 15 is 0 Å². The second kappa shape index (κ2) is 7.37. The monoisotopic (exact) mass is 373 g/mol. The standard InChI is InChI=1S/C18H20ClN5O2/c19-14-1-2-15-16(9-14)26-18(23-15)24-7-4-13(5-8-24)17(25)20-6-3-12-10-21-22-11-12/h1-2,9-11,13H,3-8H2,(H,20,25)(H,21,22). The fraction of sp³-hybridized carbons (Fsp3) is 0.389. The average Bonchev–Trinajstić information content (AvgIpc) is 3.31. The number of amides is 1. The van der Waals surface area contributed by atoms with Crippen LogP contribution < -0.4 is 10.2 Å². The zero-order chi connectivity index (χ0) is 17.9. The molecule has 0 spiro atoms. The zero-order valence-corrected chi connectivity index (χ0v) is 15.0. The highest BCUT2D eigenvalue weighted by atomic mass is 35.5. The van der Waals surface area contributed by atoms with Crippen LogP contribution in [0.15, 0.2) is 35.0 Å². The SMILES string of the molecule is O=C(NCCc1cn[nH]c1)C1CCN(c2nc3ccc(Cl)cc3o2)CC1. The van der Waals surface area contributed by atoms with Gasteiger partial charge in [0.15, 0.2) is 5.58 Å². The van der Waals surface area contributed by atoms with Crippen LogP contribution >= 0.6 is 11.6 Å². The normalized spacial score (nSPS) is 15.5. The number of hydrogen-bond acceptors (Lipinski definition) is 5. The van der Waals surface area contributed by atoms with Crippen LogP contribution in [-0.2, 0) is 11.2 Å². The smallest absolute Gasteiger partial charge is 0.298 e. The van der Waals surface area contributed by atoms with Crippen LogP contribution in [0.25, 0.3) is 11.1 Å². The van der Waals surface area contributed by atoms with Gasteiger partial charge in [0.2, 0.25) is 5.91 Å². The maximum Gasteiger partial charge on any atom is 0.298 e. The molecule has 1 aromatic carbocycles. The van der Waals surface area contributed by atoms with E-state index in [1.807, 2.05) is 12.3 Å². The van der Waals surface area contributed by atoms with Crippen LogP contribution in [0, 0.1) is 5.92 Å². The summed E-state index contributed by atoms with van der Waals surface area (Å²) in [4.78, 5) is 18.9. The molecule has 1 aliphatic rings. The van der Waals surface area contributed by atoms with Crippen molar-refractivity contribution in [3.05, 3.63) is 41.2 Å². The van der Waals surface area contributed by atoms with E-state index in [0.717, 1.165) is 43.4 Å². The topological polar surface area (TPSA) is 87.0 Å². The van der Waals surface area contributed by atoms with E-state index in [4.69, 9.17) is 16.0 Å². The summed E-state index contributed by atoms with van der Waals surface area (Å²) in [6, 6.07) is 6.02. The third-order valence-electron chi connectivity index (χ3n) is 4.74. The average molecular weight is 374 g/mol. The molecule has 1 saturated heterocycles. The van der Waals surface area contributed by atoms with Gasteiger partial charge in [0.1, 0.15) is 5.52 Å². The zero-order valence-electron chi connectivity index (χ0n) is 14.2. The molecule has 1 amide bonds. The summed E-state index contributed by atoms with van der Waals surface area (Å²) >= 11 is 5.99. The number of halogens is 1. The Morgan fingerprint density at radius 2 is 2.23 bits per heavy atom. The molecule has 4 rings (SSSR count). The first kappa shape index (κ1) is 16.9. The molecule has 0 radical (unpaired) electrons. The Hall–Kier alpha value is -2.54. The number of rotatable bonds is 5. The number of carbonyl (C=O) groups excluding carboxylic acids is 1. The van der Waals surface area contributed by atoms with Gasteiger partial charge < -0.3 is 14.6 Å². The number of aromatic amines is 1. The number of anilines is 1. The summed E-state index contributed by atoms with van der Waals surface area (Å²) in [5.74, 6) is 0.159. The highest BCUT2D eigenvalue weighted by Crippen LogP contribution is 2.28. The number of oxazole rings is 1. The number of hydrogen-bond donors (Lipinski definition) is 2. The molecule has 1 aliphatic heterocycles. The first-order valence-corrected chi connectivity index (χ1v) is 9.13. The molecular weight excluding hydrogens is 354 g/mol. The number of nitrogens with zero attached hydrogens (tertiary/aromatic N) is 3. The molecule has 3 aromatic rings. The van der Waals surface area contributed by atoms with E-state index in [2.05, 4.69) is 25.4 Å². The lowest BCUT2D eigenvalue weighted by molar-refractivity contribution is -0.125. The van der Waals surface area contributed by atoms with E-state index in [1.165, 1.54) is 0 Å². The quantitative estimate of drug-likeness (QED) is 0.718. The highest BCUT2D eigenvalue weighted by molar-refractivity contribution is 6.31. The van der Waals surface area contributed by atoms with Gasteiger partial charge in [-0.1, -0.05) is 11.6 Å². The third kappa shape index (κ3) is 3.67. The predicted molar refractivity (Wildman–Crippen MR) is 99.3 cm³/mol. The van der Waals surface area contributed by atoms with Crippen molar-refractivity contribution in [2.24, 2.45) is 5.92 Å². The molecule has 7 nitrogen and oxygen atoms in total. The summed E-state index contributed by atoms with van der Waals surface area (Å²) in [5.41, 5.74) is 2.58. The minimum absolute atomic E-state index is 0.0365. The lowest BCUT2D eigenvalue weighted by Gasteiger charge is -2.30. The van der Waals surface area contributed by atoms with Crippen molar-refractivity contribution in [2.75, 3.05) is 24.5 Å². The van der Waals surface area contributed by atoms with Crippen LogP contribution in [0.5, 0.6) is 0 Å². The predicted octanol–water partition coefficient (Wildman–Crippen LogP) is 2.78. The molecule has 0 bridgehead atoms. The molecule has 0 aliphatic carbocycles. The first-order valence-electron chi connectivity index (χ1n) is 8.75. The number of fused-ring (bicyclic) bond motifs is 1. The molecule has 0 saturated carbocycles. The summed E-state index contributed by atoms with van der Waals surface area (Å²) < 4.78 is 5.81. The Labute approximate surface area is 155 Å². The van der Waals surface area contributed by atoms with Crippen LogP contribution in [0.4, 0.5) is 6.01 Å². The van der Waals surface area contributed by atoms with Crippen LogP contribution in [0.1, 0.15) is 18.4 Å². The lowest BCUT2D eigenvalue weighted by Crippen LogP contribution is -2.41. The molecular formula is C18H20ClN5O2. The van der Waals surface area contributed by atoms with Gasteiger partial charge >= 0.3 is 0 Å². The van der Waals surface area contributed by atoms with Gasteiger partial charge in [-0.15, -0.1) is 0 Å². The Bertz CT molecular complexity index is 884. The van der Waals surface area contributed by atoms with Crippen molar-refractivity contribution in [2.45, 2.75) is 19.3 Å². The second-order valence-electron chi connectivity index (χ2n) is 6.52. The fourth-order valence-corrected chi connectivity index (χ4v) is 3.41. The third-order valence-corrected chi connectivity index (χ3v) is 4.98. The summed E-state index contributed by atoms with van der Waals surface area (Å²) in [6.45, 7) is 2.13. The van der Waals surface area contributed by atoms with Crippen molar-refractivity contribution in [1.29, 1.82) is 0 Å². The Morgan fingerprint density at radius 3 is 3.00 bits per heavy atom. The molecule has 3 heterocycles. The number of H-pyrrole nitrogens is 1. The maximum atomic E-state index is 12.3. The first-order chi connectivity index (χ1) is 12.7. The van der Waals surface area contributed by atoms with Gasteiger partial charge in [0, 0.05) is 42.8 Å². The van der Waals surface area contributed by atoms with E-state index in [-0.39, 0.29) is 11.8 Å². The lowest BCUT2D eigenvalue weighted by atomic mass is 9.96. The number of aromatic nitrogens is 3. The van der Waals surface area contributed by atoms with E-state index in [0.29, 0.717) is 23.2 Å². The molecule has 2 N–H and O–H groups in total. The van der Waals surface area contributed by atoms with Crippen molar-refractivity contribution in [3.63, 3.8) is 0 Å². The van der Waals surface area contributed by atoms with Crippen molar-refractivity contribution in [3.8, 4) is 0 Å². The van der Waals surface area contributed by atoms with Gasteiger partial charge in [-0.25, -0.2) is 0 Å². The number of piperidine rings is 1. The van der Waals surface area contributed by atoms with Gasteiger partial charge in [-0.3, -0.25) is 9.89 Å². The molecule has 26 heavy (non-hydrogen) atoms. The van der Waals surface area contributed by atoms with Gasteiger partial charge in [0.25, 0.3) is 6.01 Å². The van der Waals surface area contributed by atoms with Gasteiger partial charge in [-0.05, 0) is 37.0 Å². The molecule has 136 valence electrons. The van der Waals surface area contributed by atoms with E-state index in [1.54, 1.807) is 18.3 Å². The number of benzene rings is 1. The van der Waals surface area contributed by atoms with Crippen LogP contribution in [0.2, 0.25) is 5.02 Å². The fourth-order valence-electron chi connectivity index (χ4n) is 3.24. The minimum atomic E-state index is 0.0365. The Morgan fingerprint density at radius 1 is 1.38 bits per heavy atom. The largest absolute Gasteiger partial charge is 0.423 e. The number of carbonyl (C=O) groups is 1. The Balaban J connectivity index is 1.29. The molecule has 0 atom stereocenters. The van der Waals surface area contributed by atoms with Crippen molar-refractivity contribution in [1.82, 2.24) is 20.5 Å². The summed E-state index contributed by atoms with van der Waals surface area (Å²) in [5, 5.41) is 10.3. The summed E-state index contributed by atoms with van der Waals surface area (Å²) in [6.07, 6.45) is 5.98. The van der Waals surface area contributed by atoms with E-state index in [9.17, 15) is 4.79 Å². The van der Waals surface area contributed by atoms with Gasteiger partial charge in [0.05, 0.1) is 6.20 Å². The molecule has 1 fully saturated rings.